The minimum Gasteiger partial charge on any atom is -0.359 e. The third-order valence-corrected chi connectivity index (χ3v) is 6.58. The Balaban J connectivity index is 1.63. The molecule has 4 fully saturated rings. The number of benzene rings is 1. The summed E-state index contributed by atoms with van der Waals surface area (Å²) in [5.41, 5.74) is -3.70. The maximum Gasteiger partial charge on any atom is 0.417 e. The van der Waals surface area contributed by atoms with Crippen molar-refractivity contribution in [3.63, 3.8) is 0 Å². The van der Waals surface area contributed by atoms with E-state index in [1.807, 2.05) is 0 Å². The number of nitriles is 1. The van der Waals surface area contributed by atoms with Gasteiger partial charge >= 0.3 is 6.18 Å². The van der Waals surface area contributed by atoms with Crippen molar-refractivity contribution in [1.29, 1.82) is 5.26 Å². The van der Waals surface area contributed by atoms with Crippen LogP contribution >= 0.6 is 0 Å². The van der Waals surface area contributed by atoms with E-state index >= 15 is 0 Å². The van der Waals surface area contributed by atoms with E-state index in [0.717, 1.165) is 12.1 Å². The van der Waals surface area contributed by atoms with Crippen molar-refractivity contribution in [2.75, 3.05) is 11.5 Å². The molecule has 4 saturated heterocycles. The zero-order valence-corrected chi connectivity index (χ0v) is 14.7. The molecule has 4 aliphatic rings. The van der Waals surface area contributed by atoms with E-state index in [-0.39, 0.29) is 24.5 Å². The predicted molar refractivity (Wildman–Crippen MR) is 86.8 cm³/mol. The molecule has 0 N–H and O–H groups in total. The monoisotopic (exact) mass is 392 g/mol. The number of alkyl halides is 3. The van der Waals surface area contributed by atoms with Crippen LogP contribution < -0.4 is 4.90 Å². The van der Waals surface area contributed by atoms with E-state index in [2.05, 4.69) is 0 Å². The number of ether oxygens (including phenoxy) is 2. The summed E-state index contributed by atoms with van der Waals surface area (Å²) in [6, 6.07) is 4.69. The lowest BCUT2D eigenvalue weighted by Crippen LogP contribution is -2.52. The van der Waals surface area contributed by atoms with Gasteiger partial charge in [-0.25, -0.2) is 0 Å². The fraction of sp³-hybridized carbons (Fsp3) is 0.526. The highest BCUT2D eigenvalue weighted by molar-refractivity contribution is 6.06. The van der Waals surface area contributed by atoms with Gasteiger partial charge in [0, 0.05) is 24.4 Å². The number of halogens is 3. The first-order valence-electron chi connectivity index (χ1n) is 8.92. The molecule has 1 spiro atoms. The molecule has 6 nitrogen and oxygen atoms in total. The number of nitrogens with zero attached hydrogens (tertiary/aromatic N) is 2. The molecule has 9 heteroatoms. The van der Waals surface area contributed by atoms with Gasteiger partial charge in [0.15, 0.2) is 5.78 Å². The molecular weight excluding hydrogens is 377 g/mol. The van der Waals surface area contributed by atoms with Crippen LogP contribution in [0.15, 0.2) is 18.2 Å². The van der Waals surface area contributed by atoms with E-state index in [4.69, 9.17) is 14.7 Å². The fourth-order valence-electron chi connectivity index (χ4n) is 5.41. The molecule has 0 aromatic heterocycles. The topological polar surface area (TPSA) is 79.6 Å². The molecular formula is C19H15F3N2O4. The summed E-state index contributed by atoms with van der Waals surface area (Å²) in [6.45, 7) is 1.83. The Morgan fingerprint density at radius 1 is 1.32 bits per heavy atom. The van der Waals surface area contributed by atoms with Gasteiger partial charge < -0.3 is 9.47 Å². The number of ketones is 1. The standard InChI is InChI=1S/C19H15F3N2O4/c1-17-12(25)7-18(28-17)4-5-27-16-14(18)13(17)15(26)24(16)10-3-2-9(8-23)11(6-10)19(20,21)22/h2-3,6,13-14,16H,4-5,7H2,1H3/t13-,14+,16+,17-,18+/m1/s1. The first-order valence-corrected chi connectivity index (χ1v) is 8.92. The number of rotatable bonds is 1. The van der Waals surface area contributed by atoms with Crippen LogP contribution in [-0.4, -0.2) is 35.7 Å². The Morgan fingerprint density at radius 2 is 2.07 bits per heavy atom. The number of hydrogen-bond acceptors (Lipinski definition) is 5. The SMILES string of the molecule is C[C@]12O[C@@]3(CCO[C@H]4[C@@H]3[C@@H]1C(=O)N4c1ccc(C#N)c(C(F)(F)F)c1)CC2=O. The van der Waals surface area contributed by atoms with E-state index < -0.39 is 52.5 Å². The number of amides is 1. The predicted octanol–water partition coefficient (Wildman–Crippen LogP) is 2.40. The van der Waals surface area contributed by atoms with Crippen molar-refractivity contribution in [2.45, 2.75) is 43.4 Å². The minimum absolute atomic E-state index is 0.00299. The maximum atomic E-state index is 13.4. The van der Waals surface area contributed by atoms with Gasteiger partial charge in [0.25, 0.3) is 0 Å². The number of carbonyl (C=O) groups excluding carboxylic acids is 2. The quantitative estimate of drug-likeness (QED) is 0.733. The Bertz CT molecular complexity index is 971. The Labute approximate surface area is 157 Å². The largest absolute Gasteiger partial charge is 0.417 e. The summed E-state index contributed by atoms with van der Waals surface area (Å²) >= 11 is 0. The number of fused-ring (bicyclic) bond motifs is 2. The molecule has 1 amide bonds. The number of anilines is 1. The normalized spacial score (nSPS) is 38.7. The Morgan fingerprint density at radius 3 is 2.75 bits per heavy atom. The van der Waals surface area contributed by atoms with E-state index in [1.54, 1.807) is 6.92 Å². The molecule has 0 radical (unpaired) electrons. The number of hydrogen-bond donors (Lipinski definition) is 0. The third-order valence-electron chi connectivity index (χ3n) is 6.58. The highest BCUT2D eigenvalue weighted by Crippen LogP contribution is 2.64. The lowest BCUT2D eigenvalue weighted by atomic mass is 9.65. The fourth-order valence-corrected chi connectivity index (χ4v) is 5.41. The van der Waals surface area contributed by atoms with Gasteiger partial charge in [-0.15, -0.1) is 0 Å². The summed E-state index contributed by atoms with van der Waals surface area (Å²) in [5, 5.41) is 8.99. The van der Waals surface area contributed by atoms with Gasteiger partial charge in [-0.1, -0.05) is 0 Å². The summed E-state index contributed by atoms with van der Waals surface area (Å²) in [7, 11) is 0. The van der Waals surface area contributed by atoms with Crippen LogP contribution in [0.1, 0.15) is 30.9 Å². The molecule has 1 aromatic carbocycles. The van der Waals surface area contributed by atoms with Crippen molar-refractivity contribution in [2.24, 2.45) is 11.8 Å². The molecule has 4 aliphatic heterocycles. The molecule has 0 saturated carbocycles. The van der Waals surface area contributed by atoms with Crippen LogP contribution in [0.4, 0.5) is 18.9 Å². The average molecular weight is 392 g/mol. The van der Waals surface area contributed by atoms with E-state index in [0.29, 0.717) is 6.42 Å². The number of Topliss-reactive ketones (excluding diaryl/α,β-unsaturated/α-hetero) is 1. The third kappa shape index (κ3) is 1.94. The first kappa shape index (κ1) is 17.6. The van der Waals surface area contributed by atoms with Crippen molar-refractivity contribution in [3.8, 4) is 6.07 Å². The second-order valence-electron chi connectivity index (χ2n) is 7.94. The summed E-state index contributed by atoms with van der Waals surface area (Å²) in [5.74, 6) is -1.84. The van der Waals surface area contributed by atoms with E-state index in [1.165, 1.54) is 17.0 Å². The number of carbonyl (C=O) groups is 2. The van der Waals surface area contributed by atoms with Gasteiger partial charge in [0.1, 0.15) is 11.8 Å². The summed E-state index contributed by atoms with van der Waals surface area (Å²) < 4.78 is 52.0. The molecule has 5 rings (SSSR count). The maximum absolute atomic E-state index is 13.4. The molecule has 2 bridgehead atoms. The molecule has 4 heterocycles. The lowest BCUT2D eigenvalue weighted by molar-refractivity contribution is -0.145. The van der Waals surface area contributed by atoms with Crippen LogP contribution in [0, 0.1) is 23.2 Å². The molecule has 0 aliphatic carbocycles. The molecule has 146 valence electrons. The Kier molecular flexibility index (Phi) is 3.23. The average Bonchev–Trinajstić information content (AvgIpc) is 3.17. The minimum atomic E-state index is -4.74. The second-order valence-corrected chi connectivity index (χ2v) is 7.94. The van der Waals surface area contributed by atoms with Crippen molar-refractivity contribution >= 4 is 17.4 Å². The van der Waals surface area contributed by atoms with Gasteiger partial charge in [-0.3, -0.25) is 14.5 Å². The molecule has 0 unspecified atom stereocenters. The summed E-state index contributed by atoms with van der Waals surface area (Å²) in [4.78, 5) is 27.0. The lowest BCUT2D eigenvalue weighted by Gasteiger charge is -2.41. The van der Waals surface area contributed by atoms with Crippen LogP contribution in [0.2, 0.25) is 0 Å². The zero-order chi connectivity index (χ0) is 20.1. The van der Waals surface area contributed by atoms with Gasteiger partial charge in [0.2, 0.25) is 5.91 Å². The molecule has 5 atom stereocenters. The van der Waals surface area contributed by atoms with Crippen LogP contribution in [0.25, 0.3) is 0 Å². The smallest absolute Gasteiger partial charge is 0.359 e. The highest BCUT2D eigenvalue weighted by atomic mass is 19.4. The van der Waals surface area contributed by atoms with Crippen LogP contribution in [0.5, 0.6) is 0 Å². The van der Waals surface area contributed by atoms with Crippen molar-refractivity contribution in [3.05, 3.63) is 29.3 Å². The Hall–Kier alpha value is -2.44. The first-order chi connectivity index (χ1) is 13.1. The molecule has 1 aromatic rings. The van der Waals surface area contributed by atoms with Gasteiger partial charge in [0.05, 0.1) is 35.3 Å². The van der Waals surface area contributed by atoms with Gasteiger partial charge in [-0.05, 0) is 25.1 Å². The van der Waals surface area contributed by atoms with Crippen LogP contribution in [0.3, 0.4) is 0 Å². The van der Waals surface area contributed by atoms with E-state index in [9.17, 15) is 22.8 Å². The highest BCUT2D eigenvalue weighted by Gasteiger charge is 2.78. The van der Waals surface area contributed by atoms with Crippen molar-refractivity contribution in [1.82, 2.24) is 0 Å². The second kappa shape index (κ2) is 5.13. The molecule has 28 heavy (non-hydrogen) atoms. The zero-order valence-electron chi connectivity index (χ0n) is 14.7. The summed E-state index contributed by atoms with van der Waals surface area (Å²) in [6.07, 6.45) is -4.88. The van der Waals surface area contributed by atoms with Crippen LogP contribution in [-0.2, 0) is 25.2 Å². The van der Waals surface area contributed by atoms with Crippen molar-refractivity contribution < 1.29 is 32.2 Å². The van der Waals surface area contributed by atoms with Gasteiger partial charge in [-0.2, -0.15) is 18.4 Å².